The van der Waals surface area contributed by atoms with Crippen molar-refractivity contribution >= 4 is 33.2 Å². The Kier molecular flexibility index (Phi) is 4.02. The first-order chi connectivity index (χ1) is 8.15. The van der Waals surface area contributed by atoms with Crippen LogP contribution >= 0.6 is 27.5 Å². The quantitative estimate of drug-likeness (QED) is 0.907. The molecule has 0 radical (unpaired) electrons. The molecule has 88 valence electrons. The van der Waals surface area contributed by atoms with Gasteiger partial charge in [-0.15, -0.1) is 0 Å². The average Bonchev–Trinajstić information content (AvgIpc) is 2.30. The van der Waals surface area contributed by atoms with E-state index in [4.69, 9.17) is 11.6 Å². The second-order valence-corrected chi connectivity index (χ2v) is 5.13. The van der Waals surface area contributed by atoms with E-state index < -0.39 is 0 Å². The Morgan fingerprint density at radius 2 is 2.12 bits per heavy atom. The fraction of sp³-hybridized carbons (Fsp3) is 0.154. The van der Waals surface area contributed by atoms with E-state index in [0.29, 0.717) is 11.6 Å². The van der Waals surface area contributed by atoms with Gasteiger partial charge in [0.05, 0.1) is 22.9 Å². The van der Waals surface area contributed by atoms with E-state index >= 15 is 0 Å². The number of nitrogens with zero attached hydrogens (tertiary/aromatic N) is 1. The summed E-state index contributed by atoms with van der Waals surface area (Å²) in [4.78, 5) is 4.33. The minimum atomic E-state index is 0.668. The highest BCUT2D eigenvalue weighted by atomic mass is 79.9. The van der Waals surface area contributed by atoms with Crippen LogP contribution in [0.3, 0.4) is 0 Å². The summed E-state index contributed by atoms with van der Waals surface area (Å²) in [6.07, 6.45) is 1.86. The SMILES string of the molecule is Cc1ccc(CNc2ccc(Br)cc2Cl)nc1. The predicted molar refractivity (Wildman–Crippen MR) is 75.5 cm³/mol. The van der Waals surface area contributed by atoms with Gasteiger partial charge in [0.15, 0.2) is 0 Å². The third-order valence-corrected chi connectivity index (χ3v) is 3.17. The third-order valence-electron chi connectivity index (χ3n) is 2.36. The number of benzene rings is 1. The predicted octanol–water partition coefficient (Wildman–Crippen LogP) is 4.42. The van der Waals surface area contributed by atoms with E-state index in [1.165, 1.54) is 0 Å². The zero-order chi connectivity index (χ0) is 12.3. The molecule has 2 nitrogen and oxygen atoms in total. The van der Waals surface area contributed by atoms with Crippen molar-refractivity contribution in [2.24, 2.45) is 0 Å². The molecule has 0 fully saturated rings. The van der Waals surface area contributed by atoms with Crippen LogP contribution in [0.15, 0.2) is 41.0 Å². The maximum absolute atomic E-state index is 6.11. The van der Waals surface area contributed by atoms with Crippen molar-refractivity contribution in [2.75, 3.05) is 5.32 Å². The molecule has 0 aliphatic carbocycles. The highest BCUT2D eigenvalue weighted by molar-refractivity contribution is 9.10. The van der Waals surface area contributed by atoms with Gasteiger partial charge in [-0.05, 0) is 36.8 Å². The first-order valence-corrected chi connectivity index (χ1v) is 6.43. The molecule has 1 aromatic heterocycles. The summed E-state index contributed by atoms with van der Waals surface area (Å²) in [5, 5.41) is 3.96. The van der Waals surface area contributed by atoms with Crippen LogP contribution in [-0.4, -0.2) is 4.98 Å². The summed E-state index contributed by atoms with van der Waals surface area (Å²) in [5.41, 5.74) is 3.07. The fourth-order valence-electron chi connectivity index (χ4n) is 1.42. The molecular weight excluding hydrogens is 300 g/mol. The van der Waals surface area contributed by atoms with Gasteiger partial charge in [-0.25, -0.2) is 0 Å². The number of rotatable bonds is 3. The summed E-state index contributed by atoms with van der Waals surface area (Å²) in [6.45, 7) is 2.69. The first-order valence-electron chi connectivity index (χ1n) is 5.25. The second-order valence-electron chi connectivity index (χ2n) is 3.80. The van der Waals surface area contributed by atoms with Crippen LogP contribution in [0.25, 0.3) is 0 Å². The number of anilines is 1. The Labute approximate surface area is 114 Å². The van der Waals surface area contributed by atoms with Gasteiger partial charge in [-0.3, -0.25) is 4.98 Å². The maximum atomic E-state index is 6.11. The van der Waals surface area contributed by atoms with E-state index in [1.54, 1.807) is 0 Å². The Hall–Kier alpha value is -1.06. The molecule has 0 spiro atoms. The minimum Gasteiger partial charge on any atom is -0.378 e. The minimum absolute atomic E-state index is 0.668. The van der Waals surface area contributed by atoms with Gasteiger partial charge in [-0.2, -0.15) is 0 Å². The molecule has 0 aliphatic heterocycles. The number of hydrogen-bond acceptors (Lipinski definition) is 2. The molecule has 0 atom stereocenters. The lowest BCUT2D eigenvalue weighted by Gasteiger charge is -2.08. The number of halogens is 2. The van der Waals surface area contributed by atoms with Crippen molar-refractivity contribution in [3.05, 3.63) is 57.3 Å². The van der Waals surface area contributed by atoms with E-state index in [2.05, 4.69) is 26.2 Å². The van der Waals surface area contributed by atoms with E-state index in [9.17, 15) is 0 Å². The van der Waals surface area contributed by atoms with Gasteiger partial charge in [0.2, 0.25) is 0 Å². The molecule has 0 amide bonds. The van der Waals surface area contributed by atoms with Crippen molar-refractivity contribution in [3.8, 4) is 0 Å². The number of pyridine rings is 1. The lowest BCUT2D eigenvalue weighted by atomic mass is 10.2. The standard InChI is InChI=1S/C13H12BrClN2/c1-9-2-4-11(16-7-9)8-17-13-5-3-10(14)6-12(13)15/h2-7,17H,8H2,1H3. The Bertz CT molecular complexity index is 511. The summed E-state index contributed by atoms with van der Waals surface area (Å²) in [7, 11) is 0. The van der Waals surface area contributed by atoms with Crippen LogP contribution in [0.2, 0.25) is 5.02 Å². The van der Waals surface area contributed by atoms with Gasteiger partial charge in [0, 0.05) is 10.7 Å². The average molecular weight is 312 g/mol. The molecule has 1 N–H and O–H groups in total. The monoisotopic (exact) mass is 310 g/mol. The molecule has 1 aromatic carbocycles. The maximum Gasteiger partial charge on any atom is 0.0648 e. The van der Waals surface area contributed by atoms with Gasteiger partial charge in [0.25, 0.3) is 0 Å². The lowest BCUT2D eigenvalue weighted by Crippen LogP contribution is -2.01. The van der Waals surface area contributed by atoms with Crippen molar-refractivity contribution in [1.82, 2.24) is 4.98 Å². The van der Waals surface area contributed by atoms with E-state index in [0.717, 1.165) is 21.4 Å². The highest BCUT2D eigenvalue weighted by Gasteiger charge is 2.01. The van der Waals surface area contributed by atoms with Crippen LogP contribution < -0.4 is 5.32 Å². The summed E-state index contributed by atoms with van der Waals surface area (Å²) < 4.78 is 0.974. The van der Waals surface area contributed by atoms with Gasteiger partial charge in [0.1, 0.15) is 0 Å². The molecule has 4 heteroatoms. The third kappa shape index (κ3) is 3.45. The molecule has 0 aliphatic rings. The molecule has 2 rings (SSSR count). The lowest BCUT2D eigenvalue weighted by molar-refractivity contribution is 1.04. The smallest absolute Gasteiger partial charge is 0.0648 e. The van der Waals surface area contributed by atoms with Crippen molar-refractivity contribution in [1.29, 1.82) is 0 Å². The highest BCUT2D eigenvalue weighted by Crippen LogP contribution is 2.25. The fourth-order valence-corrected chi connectivity index (χ4v) is 2.16. The summed E-state index contributed by atoms with van der Waals surface area (Å²) in [6, 6.07) is 9.83. The van der Waals surface area contributed by atoms with Crippen molar-refractivity contribution in [3.63, 3.8) is 0 Å². The van der Waals surface area contributed by atoms with Gasteiger partial charge in [-0.1, -0.05) is 33.6 Å². The molecule has 17 heavy (non-hydrogen) atoms. The Balaban J connectivity index is 2.04. The number of hydrogen-bond donors (Lipinski definition) is 1. The van der Waals surface area contributed by atoms with E-state index in [-0.39, 0.29) is 0 Å². The van der Waals surface area contributed by atoms with Crippen molar-refractivity contribution in [2.45, 2.75) is 13.5 Å². The Morgan fingerprint density at radius 3 is 2.76 bits per heavy atom. The molecule has 0 saturated heterocycles. The van der Waals surface area contributed by atoms with Crippen LogP contribution in [0.4, 0.5) is 5.69 Å². The molecule has 0 saturated carbocycles. The van der Waals surface area contributed by atoms with Crippen molar-refractivity contribution < 1.29 is 0 Å². The van der Waals surface area contributed by atoms with Crippen LogP contribution in [0, 0.1) is 6.92 Å². The van der Waals surface area contributed by atoms with Gasteiger partial charge < -0.3 is 5.32 Å². The van der Waals surface area contributed by atoms with Crippen LogP contribution in [-0.2, 0) is 6.54 Å². The molecule has 1 heterocycles. The van der Waals surface area contributed by atoms with Crippen LogP contribution in [0.5, 0.6) is 0 Å². The zero-order valence-corrected chi connectivity index (χ0v) is 11.7. The molecule has 0 bridgehead atoms. The number of aryl methyl sites for hydroxylation is 1. The van der Waals surface area contributed by atoms with Crippen LogP contribution in [0.1, 0.15) is 11.3 Å². The molecular formula is C13H12BrClN2. The van der Waals surface area contributed by atoms with Gasteiger partial charge >= 0.3 is 0 Å². The topological polar surface area (TPSA) is 24.9 Å². The molecule has 2 aromatic rings. The normalized spacial score (nSPS) is 10.3. The summed E-state index contributed by atoms with van der Waals surface area (Å²) >= 11 is 9.48. The molecule has 0 unspecified atom stereocenters. The first kappa shape index (κ1) is 12.4. The van der Waals surface area contributed by atoms with E-state index in [1.807, 2.05) is 43.5 Å². The Morgan fingerprint density at radius 1 is 1.29 bits per heavy atom. The zero-order valence-electron chi connectivity index (χ0n) is 9.37. The number of aromatic nitrogens is 1. The summed E-state index contributed by atoms with van der Waals surface area (Å²) in [5.74, 6) is 0. The number of nitrogens with one attached hydrogen (secondary N) is 1. The second kappa shape index (κ2) is 5.52. The largest absolute Gasteiger partial charge is 0.378 e.